The van der Waals surface area contributed by atoms with Crippen molar-refractivity contribution in [1.29, 1.82) is 0 Å². The van der Waals surface area contributed by atoms with Crippen LogP contribution in [-0.4, -0.2) is 28.1 Å². The number of aromatic nitrogens is 1. The van der Waals surface area contributed by atoms with Gasteiger partial charge in [0.15, 0.2) is 0 Å². The van der Waals surface area contributed by atoms with E-state index in [1.165, 1.54) is 4.88 Å². The molecule has 4 heteroatoms. The summed E-state index contributed by atoms with van der Waals surface area (Å²) in [4.78, 5) is 8.03. The van der Waals surface area contributed by atoms with Crippen molar-refractivity contribution in [3.05, 3.63) is 51.5 Å². The van der Waals surface area contributed by atoms with Crippen LogP contribution in [-0.2, 0) is 12.1 Å². The lowest BCUT2D eigenvalue weighted by atomic mass is 9.86. The van der Waals surface area contributed by atoms with Crippen LogP contribution in [0.2, 0.25) is 0 Å². The summed E-state index contributed by atoms with van der Waals surface area (Å²) in [6, 6.07) is 9.94. The van der Waals surface area contributed by atoms with E-state index in [0.29, 0.717) is 13.1 Å². The van der Waals surface area contributed by atoms with Gasteiger partial charge in [-0.05, 0) is 19.4 Å². The van der Waals surface area contributed by atoms with E-state index in [4.69, 9.17) is 0 Å². The summed E-state index contributed by atoms with van der Waals surface area (Å²) >= 11 is 1.75. The zero-order chi connectivity index (χ0) is 13.5. The maximum Gasteiger partial charge on any atom is 0.115 e. The van der Waals surface area contributed by atoms with Crippen molar-refractivity contribution in [1.82, 2.24) is 9.88 Å². The summed E-state index contributed by atoms with van der Waals surface area (Å²) in [5, 5.41) is 11.7. The quantitative estimate of drug-likeness (QED) is 0.934. The number of likely N-dealkylation sites (tertiary alicyclic amines) is 1. The number of aliphatic hydroxyl groups is 1. The topological polar surface area (TPSA) is 36.4 Å². The molecule has 0 bridgehead atoms. The Labute approximate surface area is 117 Å². The molecular formula is C15H18N2OS. The highest BCUT2D eigenvalue weighted by Gasteiger charge is 2.42. The summed E-state index contributed by atoms with van der Waals surface area (Å²) < 4.78 is 0. The van der Waals surface area contributed by atoms with E-state index in [2.05, 4.69) is 16.8 Å². The molecule has 2 heterocycles. The molecule has 2 aromatic rings. The average Bonchev–Trinajstić information content (AvgIpc) is 2.67. The van der Waals surface area contributed by atoms with E-state index in [-0.39, 0.29) is 0 Å². The van der Waals surface area contributed by atoms with Crippen LogP contribution in [0.3, 0.4) is 0 Å². The van der Waals surface area contributed by atoms with Crippen LogP contribution >= 0.6 is 11.3 Å². The largest absolute Gasteiger partial charge is 0.382 e. The molecule has 19 heavy (non-hydrogen) atoms. The zero-order valence-electron chi connectivity index (χ0n) is 11.3. The van der Waals surface area contributed by atoms with Crippen molar-refractivity contribution < 1.29 is 5.11 Å². The Balaban J connectivity index is 1.65. The van der Waals surface area contributed by atoms with Gasteiger partial charge < -0.3 is 5.11 Å². The number of hydrogen-bond acceptors (Lipinski definition) is 4. The molecule has 0 radical (unpaired) electrons. The fourth-order valence-corrected chi connectivity index (χ4v) is 3.64. The fourth-order valence-electron chi connectivity index (χ4n) is 2.66. The molecule has 1 fully saturated rings. The van der Waals surface area contributed by atoms with Crippen LogP contribution in [0.1, 0.15) is 21.1 Å². The lowest BCUT2D eigenvalue weighted by Crippen LogP contribution is -2.58. The summed E-state index contributed by atoms with van der Waals surface area (Å²) in [5.41, 5.74) is 1.47. The molecule has 0 aliphatic carbocycles. The highest BCUT2D eigenvalue weighted by Crippen LogP contribution is 2.33. The first kappa shape index (κ1) is 12.8. The molecule has 0 amide bonds. The van der Waals surface area contributed by atoms with Crippen molar-refractivity contribution in [3.63, 3.8) is 0 Å². The molecular weight excluding hydrogens is 256 g/mol. The number of benzene rings is 1. The first-order chi connectivity index (χ1) is 9.07. The smallest absolute Gasteiger partial charge is 0.115 e. The molecule has 0 unspecified atom stereocenters. The van der Waals surface area contributed by atoms with E-state index in [9.17, 15) is 5.11 Å². The predicted octanol–water partition coefficient (Wildman–Crippen LogP) is 2.46. The molecule has 1 aliphatic heterocycles. The van der Waals surface area contributed by atoms with Gasteiger partial charge in [-0.2, -0.15) is 0 Å². The highest BCUT2D eigenvalue weighted by molar-refractivity contribution is 7.11. The standard InChI is InChI=1S/C15H18N2OS/c1-11-14(19-12(2)16-11)8-17-9-15(18,10-17)13-6-4-3-5-7-13/h3-7,18H,8-10H2,1-2H3. The van der Waals surface area contributed by atoms with E-state index in [1.54, 1.807) is 11.3 Å². The van der Waals surface area contributed by atoms with Crippen molar-refractivity contribution in [2.75, 3.05) is 13.1 Å². The Hall–Kier alpha value is -1.23. The third-order valence-electron chi connectivity index (χ3n) is 3.65. The summed E-state index contributed by atoms with van der Waals surface area (Å²) in [6.45, 7) is 6.40. The van der Waals surface area contributed by atoms with Gasteiger partial charge in [0.2, 0.25) is 0 Å². The summed E-state index contributed by atoms with van der Waals surface area (Å²) in [7, 11) is 0. The number of thiazole rings is 1. The molecule has 100 valence electrons. The second-order valence-electron chi connectivity index (χ2n) is 5.28. The molecule has 1 aliphatic rings. The van der Waals surface area contributed by atoms with Crippen molar-refractivity contribution >= 4 is 11.3 Å². The third kappa shape index (κ3) is 2.43. The highest BCUT2D eigenvalue weighted by atomic mass is 32.1. The molecule has 1 N–H and O–H groups in total. The fraction of sp³-hybridized carbons (Fsp3) is 0.400. The van der Waals surface area contributed by atoms with Gasteiger partial charge >= 0.3 is 0 Å². The predicted molar refractivity (Wildman–Crippen MR) is 77.2 cm³/mol. The van der Waals surface area contributed by atoms with Gasteiger partial charge in [-0.25, -0.2) is 4.98 Å². The van der Waals surface area contributed by atoms with Gasteiger partial charge in [0.05, 0.1) is 10.7 Å². The minimum Gasteiger partial charge on any atom is -0.382 e. The van der Waals surface area contributed by atoms with E-state index in [1.807, 2.05) is 37.3 Å². The molecule has 1 aromatic heterocycles. The molecule has 3 rings (SSSR count). The second-order valence-corrected chi connectivity index (χ2v) is 6.57. The Kier molecular flexibility index (Phi) is 3.17. The Morgan fingerprint density at radius 2 is 1.95 bits per heavy atom. The summed E-state index contributed by atoms with van der Waals surface area (Å²) in [6.07, 6.45) is 0. The second kappa shape index (κ2) is 4.71. The van der Waals surface area contributed by atoms with Crippen LogP contribution in [0.4, 0.5) is 0 Å². The molecule has 1 saturated heterocycles. The first-order valence-electron chi connectivity index (χ1n) is 6.50. The minimum absolute atomic E-state index is 0.672. The van der Waals surface area contributed by atoms with Crippen LogP contribution in [0, 0.1) is 13.8 Å². The third-order valence-corrected chi connectivity index (χ3v) is 4.71. The van der Waals surface area contributed by atoms with Gasteiger partial charge in [0.1, 0.15) is 5.60 Å². The lowest BCUT2D eigenvalue weighted by Gasteiger charge is -2.46. The Bertz CT molecular complexity index is 573. The SMILES string of the molecule is Cc1nc(C)c(CN2CC(O)(c3ccccc3)C2)s1. The molecule has 3 nitrogen and oxygen atoms in total. The van der Waals surface area contributed by atoms with Crippen molar-refractivity contribution in [2.45, 2.75) is 26.0 Å². The van der Waals surface area contributed by atoms with E-state index >= 15 is 0 Å². The average molecular weight is 274 g/mol. The molecule has 1 aromatic carbocycles. The maximum absolute atomic E-state index is 10.6. The normalized spacial score (nSPS) is 18.3. The minimum atomic E-state index is -0.672. The molecule has 0 saturated carbocycles. The van der Waals surface area contributed by atoms with Gasteiger partial charge in [-0.1, -0.05) is 30.3 Å². The molecule has 0 atom stereocenters. The number of hydrogen-bond donors (Lipinski definition) is 1. The van der Waals surface area contributed by atoms with Crippen LogP contribution in [0.5, 0.6) is 0 Å². The monoisotopic (exact) mass is 274 g/mol. The number of aryl methyl sites for hydroxylation is 2. The van der Waals surface area contributed by atoms with Crippen molar-refractivity contribution in [3.8, 4) is 0 Å². The number of β-amino-alcohol motifs (C(OH)–C–C–N with tert-alkyl or cyclic N) is 1. The van der Waals surface area contributed by atoms with Gasteiger partial charge in [0.25, 0.3) is 0 Å². The number of nitrogens with zero attached hydrogens (tertiary/aromatic N) is 2. The van der Waals surface area contributed by atoms with Crippen molar-refractivity contribution in [2.24, 2.45) is 0 Å². The Morgan fingerprint density at radius 3 is 2.53 bits per heavy atom. The Morgan fingerprint density at radius 1 is 1.26 bits per heavy atom. The van der Waals surface area contributed by atoms with E-state index < -0.39 is 5.60 Å². The van der Waals surface area contributed by atoms with Crippen LogP contribution in [0.25, 0.3) is 0 Å². The molecule has 0 spiro atoms. The van der Waals surface area contributed by atoms with E-state index in [0.717, 1.165) is 22.8 Å². The lowest BCUT2D eigenvalue weighted by molar-refractivity contribution is -0.107. The van der Waals surface area contributed by atoms with Gasteiger partial charge in [-0.3, -0.25) is 4.90 Å². The van der Waals surface area contributed by atoms with Crippen LogP contribution in [0.15, 0.2) is 30.3 Å². The first-order valence-corrected chi connectivity index (χ1v) is 7.32. The maximum atomic E-state index is 10.6. The number of rotatable bonds is 3. The summed E-state index contributed by atoms with van der Waals surface area (Å²) in [5.74, 6) is 0. The van der Waals surface area contributed by atoms with Gasteiger partial charge in [0, 0.05) is 24.5 Å². The zero-order valence-corrected chi connectivity index (χ0v) is 12.1. The van der Waals surface area contributed by atoms with Crippen LogP contribution < -0.4 is 0 Å². The van der Waals surface area contributed by atoms with Gasteiger partial charge in [-0.15, -0.1) is 11.3 Å².